The molecule has 2 aromatic heterocycles. The zero-order valence-electron chi connectivity index (χ0n) is 12.0. The van der Waals surface area contributed by atoms with Gasteiger partial charge in [0.1, 0.15) is 10.7 Å². The molecule has 3 rings (SSSR count). The van der Waals surface area contributed by atoms with Crippen LogP contribution in [0.25, 0.3) is 10.2 Å². The summed E-state index contributed by atoms with van der Waals surface area (Å²) < 4.78 is 5.37. The smallest absolute Gasteiger partial charge is 0.259 e. The van der Waals surface area contributed by atoms with Crippen molar-refractivity contribution in [2.45, 2.75) is 26.8 Å². The molecular formula is C14H19N3O2S. The van der Waals surface area contributed by atoms with Gasteiger partial charge in [-0.25, -0.2) is 4.98 Å². The lowest BCUT2D eigenvalue weighted by atomic mass is 10.2. The van der Waals surface area contributed by atoms with Gasteiger partial charge < -0.3 is 9.72 Å². The van der Waals surface area contributed by atoms with Gasteiger partial charge in [-0.2, -0.15) is 0 Å². The van der Waals surface area contributed by atoms with Crippen molar-refractivity contribution in [2.24, 2.45) is 0 Å². The van der Waals surface area contributed by atoms with E-state index in [9.17, 15) is 4.79 Å². The molecule has 20 heavy (non-hydrogen) atoms. The molecular weight excluding hydrogens is 274 g/mol. The van der Waals surface area contributed by atoms with E-state index in [0.717, 1.165) is 52.8 Å². The van der Waals surface area contributed by atoms with Gasteiger partial charge in [-0.3, -0.25) is 9.69 Å². The minimum absolute atomic E-state index is 0.0213. The SMILES string of the molecule is Cc1sc2nc([C@H](C)N3CCOCC3)[nH]c(=O)c2c1C. The highest BCUT2D eigenvalue weighted by atomic mass is 32.1. The summed E-state index contributed by atoms with van der Waals surface area (Å²) in [6, 6.07) is 0.110. The second-order valence-corrected chi connectivity index (χ2v) is 6.44. The van der Waals surface area contributed by atoms with E-state index in [1.54, 1.807) is 11.3 Å². The summed E-state index contributed by atoms with van der Waals surface area (Å²) in [6.45, 7) is 9.35. The number of morpholine rings is 1. The number of thiophene rings is 1. The standard InChI is InChI=1S/C14H19N3O2S/c1-8-10(3)20-14-11(8)13(18)15-12(16-14)9(2)17-4-6-19-7-5-17/h9H,4-7H2,1-3H3,(H,15,16,18)/t9-/m0/s1. The lowest BCUT2D eigenvalue weighted by Gasteiger charge is -2.31. The third-order valence-corrected chi connectivity index (χ3v) is 5.15. The molecule has 1 N–H and O–H groups in total. The van der Waals surface area contributed by atoms with E-state index in [2.05, 4.69) is 21.8 Å². The average molecular weight is 293 g/mol. The molecule has 0 aliphatic carbocycles. The number of hydrogen-bond acceptors (Lipinski definition) is 5. The molecule has 1 aliphatic rings. The van der Waals surface area contributed by atoms with Gasteiger partial charge in [0, 0.05) is 18.0 Å². The van der Waals surface area contributed by atoms with E-state index >= 15 is 0 Å². The van der Waals surface area contributed by atoms with Crippen molar-refractivity contribution in [2.75, 3.05) is 26.3 Å². The summed E-state index contributed by atoms with van der Waals surface area (Å²) in [5.74, 6) is 0.755. The number of rotatable bonds is 2. The van der Waals surface area contributed by atoms with Crippen LogP contribution in [-0.4, -0.2) is 41.2 Å². The predicted molar refractivity (Wildman–Crippen MR) is 80.5 cm³/mol. The molecule has 108 valence electrons. The van der Waals surface area contributed by atoms with Crippen molar-refractivity contribution in [3.63, 3.8) is 0 Å². The van der Waals surface area contributed by atoms with Crippen molar-refractivity contribution in [3.05, 3.63) is 26.6 Å². The Balaban J connectivity index is 2.01. The quantitative estimate of drug-likeness (QED) is 0.920. The molecule has 0 saturated carbocycles. The Morgan fingerprint density at radius 3 is 2.75 bits per heavy atom. The molecule has 0 bridgehead atoms. The van der Waals surface area contributed by atoms with Crippen LogP contribution in [0.3, 0.4) is 0 Å². The van der Waals surface area contributed by atoms with Crippen LogP contribution in [-0.2, 0) is 4.74 Å². The molecule has 0 radical (unpaired) electrons. The highest BCUT2D eigenvalue weighted by Crippen LogP contribution is 2.27. The maximum Gasteiger partial charge on any atom is 0.259 e. The van der Waals surface area contributed by atoms with E-state index in [-0.39, 0.29) is 11.6 Å². The molecule has 5 nitrogen and oxygen atoms in total. The molecule has 0 amide bonds. The first-order chi connectivity index (χ1) is 9.58. The van der Waals surface area contributed by atoms with Gasteiger partial charge in [-0.05, 0) is 26.3 Å². The molecule has 1 aliphatic heterocycles. The van der Waals surface area contributed by atoms with Crippen LogP contribution in [0.2, 0.25) is 0 Å². The second-order valence-electron chi connectivity index (χ2n) is 5.24. The lowest BCUT2D eigenvalue weighted by Crippen LogP contribution is -2.39. The molecule has 0 aromatic carbocycles. The third-order valence-electron chi connectivity index (χ3n) is 4.05. The fraction of sp³-hybridized carbons (Fsp3) is 0.571. The van der Waals surface area contributed by atoms with E-state index in [1.165, 1.54) is 0 Å². The van der Waals surface area contributed by atoms with Gasteiger partial charge in [0.25, 0.3) is 5.56 Å². The number of aromatic nitrogens is 2. The van der Waals surface area contributed by atoms with Crippen molar-refractivity contribution < 1.29 is 4.74 Å². The molecule has 3 heterocycles. The molecule has 6 heteroatoms. The molecule has 0 unspecified atom stereocenters. The van der Waals surface area contributed by atoms with Gasteiger partial charge in [-0.15, -0.1) is 11.3 Å². The normalized spacial score (nSPS) is 18.6. The average Bonchev–Trinajstić information content (AvgIpc) is 2.74. The monoisotopic (exact) mass is 293 g/mol. The number of ether oxygens (including phenoxy) is 1. The third kappa shape index (κ3) is 2.28. The highest BCUT2D eigenvalue weighted by molar-refractivity contribution is 7.18. The Morgan fingerprint density at radius 2 is 2.05 bits per heavy atom. The molecule has 0 spiro atoms. The van der Waals surface area contributed by atoms with E-state index in [1.807, 2.05) is 13.8 Å². The highest BCUT2D eigenvalue weighted by Gasteiger charge is 2.22. The first kappa shape index (κ1) is 13.7. The zero-order valence-corrected chi connectivity index (χ0v) is 12.8. The maximum atomic E-state index is 12.3. The summed E-state index contributed by atoms with van der Waals surface area (Å²) in [5, 5.41) is 0.741. The van der Waals surface area contributed by atoms with E-state index < -0.39 is 0 Å². The Bertz CT molecular complexity index is 686. The largest absolute Gasteiger partial charge is 0.379 e. The van der Waals surface area contributed by atoms with Crippen LogP contribution in [0, 0.1) is 13.8 Å². The first-order valence-corrected chi connectivity index (χ1v) is 7.71. The maximum absolute atomic E-state index is 12.3. The van der Waals surface area contributed by atoms with Gasteiger partial charge >= 0.3 is 0 Å². The molecule has 2 aromatic rings. The number of aromatic amines is 1. The number of aryl methyl sites for hydroxylation is 2. The summed E-state index contributed by atoms with van der Waals surface area (Å²) >= 11 is 1.60. The minimum Gasteiger partial charge on any atom is -0.379 e. The van der Waals surface area contributed by atoms with E-state index in [4.69, 9.17) is 4.74 Å². The van der Waals surface area contributed by atoms with E-state index in [0.29, 0.717) is 0 Å². The fourth-order valence-electron chi connectivity index (χ4n) is 2.61. The minimum atomic E-state index is -0.0213. The van der Waals surface area contributed by atoms with Gasteiger partial charge in [0.05, 0.1) is 24.6 Å². The zero-order chi connectivity index (χ0) is 14.3. The van der Waals surface area contributed by atoms with Crippen LogP contribution in [0.1, 0.15) is 29.2 Å². The van der Waals surface area contributed by atoms with Gasteiger partial charge in [-0.1, -0.05) is 0 Å². The lowest BCUT2D eigenvalue weighted by molar-refractivity contribution is 0.0182. The Hall–Kier alpha value is -1.24. The fourth-order valence-corrected chi connectivity index (χ4v) is 3.64. The van der Waals surface area contributed by atoms with Crippen molar-refractivity contribution in [1.82, 2.24) is 14.9 Å². The van der Waals surface area contributed by atoms with Gasteiger partial charge in [0.2, 0.25) is 0 Å². The Morgan fingerprint density at radius 1 is 1.35 bits per heavy atom. The summed E-state index contributed by atoms with van der Waals surface area (Å²) in [5.41, 5.74) is 1.02. The van der Waals surface area contributed by atoms with Crippen LogP contribution in [0.15, 0.2) is 4.79 Å². The predicted octanol–water partition coefficient (Wildman–Crippen LogP) is 1.99. The number of fused-ring (bicyclic) bond motifs is 1. The van der Waals surface area contributed by atoms with Crippen LogP contribution < -0.4 is 5.56 Å². The van der Waals surface area contributed by atoms with Crippen molar-refractivity contribution in [3.8, 4) is 0 Å². The summed E-state index contributed by atoms with van der Waals surface area (Å²) in [7, 11) is 0. The molecule has 1 saturated heterocycles. The van der Waals surface area contributed by atoms with Crippen molar-refractivity contribution in [1.29, 1.82) is 0 Å². The Labute approximate surface area is 121 Å². The topological polar surface area (TPSA) is 58.2 Å². The summed E-state index contributed by atoms with van der Waals surface area (Å²) in [6.07, 6.45) is 0. The van der Waals surface area contributed by atoms with Crippen LogP contribution in [0.5, 0.6) is 0 Å². The number of nitrogens with one attached hydrogen (secondary N) is 1. The van der Waals surface area contributed by atoms with Crippen LogP contribution >= 0.6 is 11.3 Å². The first-order valence-electron chi connectivity index (χ1n) is 6.89. The molecule has 1 atom stereocenters. The number of hydrogen-bond donors (Lipinski definition) is 1. The summed E-state index contributed by atoms with van der Waals surface area (Å²) in [4.78, 5) is 24.2. The number of H-pyrrole nitrogens is 1. The Kier molecular flexibility index (Phi) is 3.62. The van der Waals surface area contributed by atoms with Gasteiger partial charge in [0.15, 0.2) is 0 Å². The second kappa shape index (κ2) is 5.27. The van der Waals surface area contributed by atoms with Crippen LogP contribution in [0.4, 0.5) is 0 Å². The molecule has 1 fully saturated rings. The number of nitrogens with zero attached hydrogens (tertiary/aromatic N) is 2. The van der Waals surface area contributed by atoms with Crippen molar-refractivity contribution >= 4 is 21.6 Å².